The molecule has 2 heterocycles. The largest absolute Gasteiger partial charge is 0.326 e. The Morgan fingerprint density at radius 2 is 1.91 bits per heavy atom. The summed E-state index contributed by atoms with van der Waals surface area (Å²) in [6, 6.07) is 6.32. The van der Waals surface area contributed by atoms with Gasteiger partial charge in [-0.2, -0.15) is 4.31 Å². The normalized spacial score (nSPS) is 18.6. The average molecular weight is 556 g/mol. The van der Waals surface area contributed by atoms with Crippen molar-refractivity contribution in [1.29, 1.82) is 0 Å². The van der Waals surface area contributed by atoms with E-state index < -0.39 is 33.5 Å². The second-order valence-electron chi connectivity index (χ2n) is 8.38. The number of sulfonamides is 1. The summed E-state index contributed by atoms with van der Waals surface area (Å²) in [5, 5.41) is 2.54. The molecule has 11 heteroatoms. The Morgan fingerprint density at radius 1 is 1.15 bits per heavy atom. The first kappa shape index (κ1) is 24.7. The van der Waals surface area contributed by atoms with Crippen molar-refractivity contribution in [2.75, 3.05) is 29.9 Å². The molecule has 1 N–H and O–H groups in total. The van der Waals surface area contributed by atoms with E-state index in [-0.39, 0.29) is 29.6 Å². The maximum absolute atomic E-state index is 13.5. The average Bonchev–Trinajstić information content (AvgIpc) is 3.23. The molecule has 2 aromatic carbocycles. The number of carbonyl (C=O) groups is 2. The minimum atomic E-state index is -3.96. The summed E-state index contributed by atoms with van der Waals surface area (Å²) >= 11 is 3.37. The third kappa shape index (κ3) is 4.73. The Morgan fingerprint density at radius 3 is 2.62 bits per heavy atom. The van der Waals surface area contributed by atoms with Gasteiger partial charge in [-0.05, 0) is 65.0 Å². The monoisotopic (exact) mass is 555 g/mol. The van der Waals surface area contributed by atoms with Crippen LogP contribution in [0.4, 0.5) is 20.2 Å². The quantitative estimate of drug-likeness (QED) is 0.602. The number of halogens is 3. The van der Waals surface area contributed by atoms with Gasteiger partial charge in [0.1, 0.15) is 0 Å². The van der Waals surface area contributed by atoms with Crippen LogP contribution in [-0.4, -0.2) is 44.2 Å². The van der Waals surface area contributed by atoms with Crippen molar-refractivity contribution in [2.45, 2.75) is 37.5 Å². The molecular formula is C23H24BrF2N3O4S. The molecule has 182 valence electrons. The van der Waals surface area contributed by atoms with E-state index in [4.69, 9.17) is 0 Å². The number of benzene rings is 2. The minimum Gasteiger partial charge on any atom is -0.326 e. The van der Waals surface area contributed by atoms with Crippen LogP contribution in [0.5, 0.6) is 0 Å². The molecule has 4 rings (SSSR count). The Labute approximate surface area is 205 Å². The van der Waals surface area contributed by atoms with Crippen molar-refractivity contribution in [2.24, 2.45) is 5.92 Å². The van der Waals surface area contributed by atoms with E-state index in [0.29, 0.717) is 42.4 Å². The van der Waals surface area contributed by atoms with Crippen LogP contribution in [0.3, 0.4) is 0 Å². The third-order valence-electron chi connectivity index (χ3n) is 6.19. The van der Waals surface area contributed by atoms with Gasteiger partial charge in [-0.1, -0.05) is 6.92 Å². The Bertz CT molecular complexity index is 1260. The van der Waals surface area contributed by atoms with Crippen molar-refractivity contribution in [1.82, 2.24) is 4.31 Å². The molecular weight excluding hydrogens is 532 g/mol. The highest BCUT2D eigenvalue weighted by atomic mass is 79.9. The maximum atomic E-state index is 13.5. The first-order valence-electron chi connectivity index (χ1n) is 11.0. The molecule has 0 bridgehead atoms. The number of amides is 2. The summed E-state index contributed by atoms with van der Waals surface area (Å²) < 4.78 is 55.4. The smallest absolute Gasteiger partial charge is 0.244 e. The number of hydrogen-bond donors (Lipinski definition) is 1. The topological polar surface area (TPSA) is 86.8 Å². The second-order valence-corrected chi connectivity index (χ2v) is 11.1. The van der Waals surface area contributed by atoms with Crippen LogP contribution in [0.15, 0.2) is 39.7 Å². The van der Waals surface area contributed by atoms with E-state index in [1.54, 1.807) is 17.9 Å². The lowest BCUT2D eigenvalue weighted by Crippen LogP contribution is -2.43. The van der Waals surface area contributed by atoms with E-state index in [2.05, 4.69) is 21.2 Å². The zero-order valence-electron chi connectivity index (χ0n) is 18.5. The van der Waals surface area contributed by atoms with Crippen LogP contribution in [0, 0.1) is 17.6 Å². The van der Waals surface area contributed by atoms with Crippen molar-refractivity contribution >= 4 is 49.1 Å². The van der Waals surface area contributed by atoms with E-state index in [9.17, 15) is 26.8 Å². The molecule has 0 spiro atoms. The molecule has 34 heavy (non-hydrogen) atoms. The van der Waals surface area contributed by atoms with Crippen LogP contribution < -0.4 is 10.2 Å². The molecule has 0 unspecified atom stereocenters. The van der Waals surface area contributed by atoms with Gasteiger partial charge in [-0.3, -0.25) is 9.59 Å². The van der Waals surface area contributed by atoms with Gasteiger partial charge in [0.2, 0.25) is 21.8 Å². The zero-order chi connectivity index (χ0) is 24.6. The van der Waals surface area contributed by atoms with E-state index in [0.717, 1.165) is 17.7 Å². The van der Waals surface area contributed by atoms with Crippen LogP contribution in [0.1, 0.15) is 31.7 Å². The van der Waals surface area contributed by atoms with Gasteiger partial charge < -0.3 is 10.2 Å². The van der Waals surface area contributed by atoms with Crippen LogP contribution in [0.2, 0.25) is 0 Å². The summed E-state index contributed by atoms with van der Waals surface area (Å²) in [6.07, 6.45) is 1.90. The van der Waals surface area contributed by atoms with Crippen LogP contribution in [-0.2, 0) is 26.0 Å². The van der Waals surface area contributed by atoms with Gasteiger partial charge in [0.25, 0.3) is 0 Å². The first-order chi connectivity index (χ1) is 16.1. The molecule has 0 saturated carbocycles. The third-order valence-corrected chi connectivity index (χ3v) is 9.02. The van der Waals surface area contributed by atoms with Crippen molar-refractivity contribution in [3.05, 3.63) is 52.0 Å². The fourth-order valence-electron chi connectivity index (χ4n) is 4.37. The van der Waals surface area contributed by atoms with Crippen molar-refractivity contribution < 1.29 is 26.8 Å². The maximum Gasteiger partial charge on any atom is 0.244 e. The standard InChI is InChI=1S/C23H24BrF2N3O4S/c1-2-22(30)29-9-7-14-10-17(24)21(12-20(14)29)34(32,33)28-8-3-4-15(13-28)23(31)27-16-5-6-18(25)19(26)11-16/h5-6,10-12,15H,2-4,7-9,13H2,1H3,(H,27,31)/t15-/m0/s1. The summed E-state index contributed by atoms with van der Waals surface area (Å²) in [6.45, 7) is 2.47. The molecule has 1 saturated heterocycles. The number of hydrogen-bond acceptors (Lipinski definition) is 4. The zero-order valence-corrected chi connectivity index (χ0v) is 20.9. The Kier molecular flexibility index (Phi) is 7.07. The molecule has 0 aromatic heterocycles. The fourth-order valence-corrected chi connectivity index (χ4v) is 6.96. The molecule has 1 atom stereocenters. The number of nitrogens with one attached hydrogen (secondary N) is 1. The number of piperidine rings is 1. The molecule has 1 fully saturated rings. The molecule has 2 aliphatic rings. The Balaban J connectivity index is 1.55. The lowest BCUT2D eigenvalue weighted by molar-refractivity contribution is -0.121. The number of nitrogens with zero attached hydrogens (tertiary/aromatic N) is 2. The van der Waals surface area contributed by atoms with Gasteiger partial charge in [0.05, 0.1) is 10.8 Å². The van der Waals surface area contributed by atoms with Crippen molar-refractivity contribution in [3.63, 3.8) is 0 Å². The minimum absolute atomic E-state index is 0.0427. The van der Waals surface area contributed by atoms with Gasteiger partial charge in [0, 0.05) is 48.0 Å². The number of rotatable bonds is 5. The SMILES string of the molecule is CCC(=O)N1CCc2cc(Br)c(S(=O)(=O)N3CCC[C@H](C(=O)Nc4ccc(F)c(F)c4)C3)cc21. The summed E-state index contributed by atoms with van der Waals surface area (Å²) in [4.78, 5) is 26.7. The van der Waals surface area contributed by atoms with E-state index in [1.807, 2.05) is 0 Å². The number of anilines is 2. The van der Waals surface area contributed by atoms with Gasteiger partial charge >= 0.3 is 0 Å². The second kappa shape index (κ2) is 9.71. The van der Waals surface area contributed by atoms with Crippen LogP contribution in [0.25, 0.3) is 0 Å². The highest BCUT2D eigenvalue weighted by molar-refractivity contribution is 9.10. The first-order valence-corrected chi connectivity index (χ1v) is 13.2. The summed E-state index contributed by atoms with van der Waals surface area (Å²) in [5.74, 6) is -3.28. The molecule has 2 amide bonds. The van der Waals surface area contributed by atoms with E-state index >= 15 is 0 Å². The Hall–Kier alpha value is -2.37. The summed E-state index contributed by atoms with van der Waals surface area (Å²) in [5.41, 5.74) is 1.60. The highest BCUT2D eigenvalue weighted by Gasteiger charge is 2.36. The van der Waals surface area contributed by atoms with Gasteiger partial charge in [-0.25, -0.2) is 17.2 Å². The predicted octanol–water partition coefficient (Wildman–Crippen LogP) is 4.07. The molecule has 0 radical (unpaired) electrons. The predicted molar refractivity (Wildman–Crippen MR) is 127 cm³/mol. The number of carbonyl (C=O) groups excluding carboxylic acids is 2. The van der Waals surface area contributed by atoms with Gasteiger partial charge in [0.15, 0.2) is 11.6 Å². The lowest BCUT2D eigenvalue weighted by Gasteiger charge is -2.31. The van der Waals surface area contributed by atoms with Crippen LogP contribution >= 0.6 is 15.9 Å². The molecule has 2 aromatic rings. The number of fused-ring (bicyclic) bond motifs is 1. The molecule has 2 aliphatic heterocycles. The highest BCUT2D eigenvalue weighted by Crippen LogP contribution is 2.37. The fraction of sp³-hybridized carbons (Fsp3) is 0.391. The molecule has 0 aliphatic carbocycles. The van der Waals surface area contributed by atoms with Crippen molar-refractivity contribution in [3.8, 4) is 0 Å². The summed E-state index contributed by atoms with van der Waals surface area (Å²) in [7, 11) is -3.96. The lowest BCUT2D eigenvalue weighted by atomic mass is 9.98. The molecule has 7 nitrogen and oxygen atoms in total. The van der Waals surface area contributed by atoms with Gasteiger partial charge in [-0.15, -0.1) is 0 Å². The van der Waals surface area contributed by atoms with E-state index in [1.165, 1.54) is 16.4 Å².